The monoisotopic (exact) mass is 380 g/mol. The molecule has 2 aromatic heterocycles. The Balaban J connectivity index is 2.14. The Morgan fingerprint density at radius 3 is 2.56 bits per heavy atom. The molecule has 6 nitrogen and oxygen atoms in total. The quantitative estimate of drug-likeness (QED) is 0.510. The molecule has 0 aliphatic rings. The van der Waals surface area contributed by atoms with Gasteiger partial charge in [-0.05, 0) is 31.2 Å². The molecule has 0 amide bonds. The summed E-state index contributed by atoms with van der Waals surface area (Å²) < 4.78 is 58.4. The average Bonchev–Trinajstić information content (AvgIpc) is 3.07. The lowest BCUT2D eigenvalue weighted by atomic mass is 10.1. The van der Waals surface area contributed by atoms with E-state index in [9.17, 15) is 22.4 Å². The van der Waals surface area contributed by atoms with Crippen LogP contribution in [0.3, 0.4) is 0 Å². The minimum Gasteiger partial charge on any atom is -0.461 e. The third-order valence-electron chi connectivity index (χ3n) is 3.58. The molecule has 0 spiro atoms. The Kier molecular flexibility index (Phi) is 4.89. The van der Waals surface area contributed by atoms with Gasteiger partial charge in [0.15, 0.2) is 5.69 Å². The number of carbonyl (C=O) groups excluding carboxylic acids is 1. The molecule has 0 radical (unpaired) electrons. The molecule has 0 aliphatic heterocycles. The van der Waals surface area contributed by atoms with Gasteiger partial charge >= 0.3 is 12.1 Å². The van der Waals surface area contributed by atoms with E-state index >= 15 is 0 Å². The van der Waals surface area contributed by atoms with Crippen LogP contribution in [0.1, 0.15) is 23.0 Å². The van der Waals surface area contributed by atoms with E-state index in [1.807, 2.05) is 0 Å². The Bertz CT molecular complexity index is 971. The highest BCUT2D eigenvalue weighted by atomic mass is 19.4. The van der Waals surface area contributed by atoms with Crippen molar-refractivity contribution < 1.29 is 27.1 Å². The minimum atomic E-state index is -4.82. The second kappa shape index (κ2) is 7.14. The molecule has 140 valence electrons. The van der Waals surface area contributed by atoms with Gasteiger partial charge in [-0.15, -0.1) is 0 Å². The summed E-state index contributed by atoms with van der Waals surface area (Å²) in [5, 5.41) is 11.4. The number of ether oxygens (including phenoxy) is 1. The molecule has 10 heteroatoms. The zero-order valence-electron chi connectivity index (χ0n) is 13.9. The summed E-state index contributed by atoms with van der Waals surface area (Å²) >= 11 is 0. The number of esters is 1. The summed E-state index contributed by atoms with van der Waals surface area (Å²) in [6.45, 7) is 1.74. The molecule has 0 saturated heterocycles. The van der Waals surface area contributed by atoms with Crippen LogP contribution in [0.15, 0.2) is 42.7 Å². The van der Waals surface area contributed by atoms with E-state index in [1.54, 1.807) is 13.0 Å². The van der Waals surface area contributed by atoms with Crippen molar-refractivity contribution >= 4 is 5.97 Å². The maximum absolute atomic E-state index is 14.0. The number of halogens is 4. The molecule has 3 aromatic rings. The molecular weight excluding hydrogens is 368 g/mol. The van der Waals surface area contributed by atoms with Crippen LogP contribution < -0.4 is 0 Å². The topological polar surface area (TPSA) is 69.9 Å². The number of benzene rings is 1. The van der Waals surface area contributed by atoms with Crippen LogP contribution in [0.4, 0.5) is 17.6 Å². The molecule has 0 aliphatic carbocycles. The predicted octanol–water partition coefficient (Wildman–Crippen LogP) is 3.66. The van der Waals surface area contributed by atoms with Crippen LogP contribution in [0.2, 0.25) is 0 Å². The van der Waals surface area contributed by atoms with Gasteiger partial charge in [-0.25, -0.2) is 13.9 Å². The van der Waals surface area contributed by atoms with E-state index in [-0.39, 0.29) is 18.0 Å². The lowest BCUT2D eigenvalue weighted by Gasteiger charge is -2.11. The van der Waals surface area contributed by atoms with Gasteiger partial charge in [0.05, 0.1) is 35.9 Å². The van der Waals surface area contributed by atoms with Gasteiger partial charge in [-0.2, -0.15) is 28.5 Å². The van der Waals surface area contributed by atoms with Gasteiger partial charge in [-0.1, -0.05) is 0 Å². The van der Waals surface area contributed by atoms with Crippen LogP contribution in [0.5, 0.6) is 0 Å². The highest BCUT2D eigenvalue weighted by molar-refractivity contribution is 5.89. The van der Waals surface area contributed by atoms with Crippen LogP contribution in [-0.2, 0) is 10.9 Å². The molecule has 0 N–H and O–H groups in total. The molecule has 1 aromatic carbocycles. The Hall–Kier alpha value is -3.30. The van der Waals surface area contributed by atoms with E-state index < -0.39 is 23.5 Å². The first-order chi connectivity index (χ1) is 12.8. The summed E-state index contributed by atoms with van der Waals surface area (Å²) in [5.74, 6) is -2.17. The van der Waals surface area contributed by atoms with E-state index in [1.165, 1.54) is 18.5 Å². The second-order valence-electron chi connectivity index (χ2n) is 5.34. The zero-order valence-corrected chi connectivity index (χ0v) is 13.9. The smallest absolute Gasteiger partial charge is 0.419 e. The number of carbonyl (C=O) groups is 1. The molecule has 3 rings (SSSR count). The maximum atomic E-state index is 14.0. The molecule has 0 unspecified atom stereocenters. The lowest BCUT2D eigenvalue weighted by Crippen LogP contribution is -2.10. The molecule has 2 heterocycles. The Morgan fingerprint density at radius 1 is 1.19 bits per heavy atom. The molecular formula is C17H12F4N4O2. The third kappa shape index (κ3) is 3.78. The van der Waals surface area contributed by atoms with E-state index in [0.717, 1.165) is 10.7 Å². The number of aromatic nitrogens is 4. The highest BCUT2D eigenvalue weighted by Gasteiger charge is 2.34. The Morgan fingerprint density at radius 2 is 1.96 bits per heavy atom. The number of alkyl halides is 3. The summed E-state index contributed by atoms with van der Waals surface area (Å²) in [6.07, 6.45) is -2.05. The van der Waals surface area contributed by atoms with Crippen molar-refractivity contribution in [2.24, 2.45) is 0 Å². The largest absolute Gasteiger partial charge is 0.461 e. The van der Waals surface area contributed by atoms with Crippen molar-refractivity contribution in [2.45, 2.75) is 13.1 Å². The first kappa shape index (κ1) is 18.5. The lowest BCUT2D eigenvalue weighted by molar-refractivity contribution is -0.140. The van der Waals surface area contributed by atoms with E-state index in [4.69, 9.17) is 4.74 Å². The fourth-order valence-electron chi connectivity index (χ4n) is 2.40. The van der Waals surface area contributed by atoms with Crippen molar-refractivity contribution in [3.8, 4) is 16.9 Å². The first-order valence-corrected chi connectivity index (χ1v) is 7.72. The third-order valence-corrected chi connectivity index (χ3v) is 3.58. The highest BCUT2D eigenvalue weighted by Crippen LogP contribution is 2.33. The molecule has 0 saturated carbocycles. The number of hydrogen-bond acceptors (Lipinski definition) is 5. The average molecular weight is 380 g/mol. The molecule has 0 fully saturated rings. The fraction of sp³-hybridized carbons (Fsp3) is 0.176. The zero-order chi connectivity index (χ0) is 19.6. The van der Waals surface area contributed by atoms with Crippen LogP contribution >= 0.6 is 0 Å². The van der Waals surface area contributed by atoms with Crippen LogP contribution in [-0.4, -0.2) is 32.6 Å². The van der Waals surface area contributed by atoms with E-state index in [0.29, 0.717) is 23.4 Å². The summed E-state index contributed by atoms with van der Waals surface area (Å²) in [6, 6.07) is 5.32. The van der Waals surface area contributed by atoms with Crippen molar-refractivity contribution in [1.29, 1.82) is 0 Å². The SMILES string of the molecule is CCOC(=O)c1cc(-c2ccnnc2)n(-c2ccc(C(F)(F)F)c(F)c2)n1. The Labute approximate surface area is 150 Å². The standard InChI is InChI=1S/C17H12F4N4O2/c1-2-27-16(26)14-8-15(10-5-6-22-23-9-10)25(24-14)11-3-4-12(13(18)7-11)17(19,20)21/h3-9H,2H2,1H3. The van der Waals surface area contributed by atoms with Crippen molar-refractivity contribution in [2.75, 3.05) is 6.61 Å². The van der Waals surface area contributed by atoms with Gasteiger partial charge < -0.3 is 4.74 Å². The molecule has 0 atom stereocenters. The van der Waals surface area contributed by atoms with Gasteiger partial charge in [-0.3, -0.25) is 0 Å². The summed E-state index contributed by atoms with van der Waals surface area (Å²) in [5.41, 5.74) is -0.677. The predicted molar refractivity (Wildman–Crippen MR) is 85.5 cm³/mol. The number of nitrogens with zero attached hydrogens (tertiary/aromatic N) is 4. The normalized spacial score (nSPS) is 11.4. The second-order valence-corrected chi connectivity index (χ2v) is 5.34. The number of hydrogen-bond donors (Lipinski definition) is 0. The summed E-state index contributed by atoms with van der Waals surface area (Å²) in [7, 11) is 0. The maximum Gasteiger partial charge on any atom is 0.419 e. The molecule has 0 bridgehead atoms. The van der Waals surface area contributed by atoms with Crippen LogP contribution in [0, 0.1) is 5.82 Å². The van der Waals surface area contributed by atoms with Gasteiger partial charge in [0.2, 0.25) is 0 Å². The minimum absolute atomic E-state index is 0.00265. The van der Waals surface area contributed by atoms with Gasteiger partial charge in [0, 0.05) is 11.6 Å². The van der Waals surface area contributed by atoms with Crippen molar-refractivity contribution in [3.63, 3.8) is 0 Å². The van der Waals surface area contributed by atoms with E-state index in [2.05, 4.69) is 15.3 Å². The number of rotatable bonds is 4. The fourth-order valence-corrected chi connectivity index (χ4v) is 2.40. The van der Waals surface area contributed by atoms with Crippen molar-refractivity contribution in [3.05, 3.63) is 59.8 Å². The first-order valence-electron chi connectivity index (χ1n) is 7.72. The van der Waals surface area contributed by atoms with Crippen molar-refractivity contribution in [1.82, 2.24) is 20.0 Å². The van der Waals surface area contributed by atoms with Gasteiger partial charge in [0.25, 0.3) is 0 Å². The van der Waals surface area contributed by atoms with Crippen LogP contribution in [0.25, 0.3) is 16.9 Å². The van der Waals surface area contributed by atoms with Gasteiger partial charge in [0.1, 0.15) is 5.82 Å². The molecule has 27 heavy (non-hydrogen) atoms. The summed E-state index contributed by atoms with van der Waals surface area (Å²) in [4.78, 5) is 12.0.